The molecule has 5 heteroatoms. The number of hydrogen-bond donors (Lipinski definition) is 1. The Morgan fingerprint density at radius 1 is 1.53 bits per heavy atom. The second kappa shape index (κ2) is 4.84. The van der Waals surface area contributed by atoms with Crippen LogP contribution in [-0.2, 0) is 7.05 Å². The zero-order chi connectivity index (χ0) is 13.5. The normalized spacial score (nSPS) is 21.9. The summed E-state index contributed by atoms with van der Waals surface area (Å²) in [5.74, 6) is 1.36. The lowest BCUT2D eigenvalue weighted by molar-refractivity contribution is 0.401. The van der Waals surface area contributed by atoms with Crippen LogP contribution in [0.4, 0.5) is 0 Å². The van der Waals surface area contributed by atoms with Gasteiger partial charge >= 0.3 is 0 Å². The summed E-state index contributed by atoms with van der Waals surface area (Å²) in [6.45, 7) is 2.00. The lowest BCUT2D eigenvalue weighted by Crippen LogP contribution is -2.49. The Kier molecular flexibility index (Phi) is 3.32. The molecule has 0 saturated heterocycles. The summed E-state index contributed by atoms with van der Waals surface area (Å²) in [5.41, 5.74) is 0.707. The molecule has 2 saturated carbocycles. The lowest BCUT2D eigenvalue weighted by Gasteiger charge is -2.27. The number of hydrogen-bond acceptors (Lipinski definition) is 4. The number of rotatable bonds is 6. The molecule has 0 amide bonds. The third-order valence-electron chi connectivity index (χ3n) is 3.92. The van der Waals surface area contributed by atoms with Gasteiger partial charge in [-0.25, -0.2) is 0 Å². The predicted molar refractivity (Wildman–Crippen MR) is 75.9 cm³/mol. The van der Waals surface area contributed by atoms with Gasteiger partial charge in [-0.05, 0) is 44.6 Å². The highest BCUT2D eigenvalue weighted by Gasteiger charge is 2.48. The Bertz CT molecular complexity index is 510. The van der Waals surface area contributed by atoms with Crippen molar-refractivity contribution in [1.29, 1.82) is 5.26 Å². The van der Waals surface area contributed by atoms with E-state index in [0.717, 1.165) is 16.5 Å². The largest absolute Gasteiger partial charge is 0.296 e. The van der Waals surface area contributed by atoms with E-state index in [1.54, 1.807) is 11.8 Å². The van der Waals surface area contributed by atoms with Crippen molar-refractivity contribution in [2.75, 3.05) is 5.75 Å². The Labute approximate surface area is 118 Å². The van der Waals surface area contributed by atoms with Crippen molar-refractivity contribution >= 4 is 11.8 Å². The third kappa shape index (κ3) is 2.80. The van der Waals surface area contributed by atoms with Crippen molar-refractivity contribution in [2.24, 2.45) is 13.0 Å². The van der Waals surface area contributed by atoms with Crippen molar-refractivity contribution < 1.29 is 0 Å². The topological polar surface area (TPSA) is 53.6 Å². The van der Waals surface area contributed by atoms with Crippen molar-refractivity contribution in [2.45, 2.75) is 49.2 Å². The fraction of sp³-hybridized carbons (Fsp3) is 0.714. The van der Waals surface area contributed by atoms with Crippen LogP contribution in [0.25, 0.3) is 0 Å². The van der Waals surface area contributed by atoms with E-state index in [4.69, 9.17) is 0 Å². The Hall–Kier alpha value is -0.990. The van der Waals surface area contributed by atoms with Gasteiger partial charge in [0.15, 0.2) is 0 Å². The van der Waals surface area contributed by atoms with Gasteiger partial charge in [-0.3, -0.25) is 10.00 Å². The highest BCUT2D eigenvalue weighted by Crippen LogP contribution is 2.43. The van der Waals surface area contributed by atoms with Gasteiger partial charge in [0.1, 0.15) is 5.54 Å². The smallest absolute Gasteiger partial charge is 0.119 e. The molecule has 1 heterocycles. The van der Waals surface area contributed by atoms with Crippen molar-refractivity contribution in [1.82, 2.24) is 15.1 Å². The van der Waals surface area contributed by atoms with Crippen molar-refractivity contribution in [3.8, 4) is 6.07 Å². The molecule has 3 rings (SSSR count). The molecule has 2 aliphatic carbocycles. The fourth-order valence-corrected chi connectivity index (χ4v) is 3.75. The molecule has 1 atom stereocenters. The monoisotopic (exact) mass is 276 g/mol. The van der Waals surface area contributed by atoms with Crippen molar-refractivity contribution in [3.05, 3.63) is 11.8 Å². The molecule has 0 bridgehead atoms. The molecular formula is C14H20N4S. The molecule has 0 aliphatic heterocycles. The molecule has 1 unspecified atom stereocenters. The molecule has 4 nitrogen and oxygen atoms in total. The first-order valence-corrected chi connectivity index (χ1v) is 7.94. The highest BCUT2D eigenvalue weighted by molar-refractivity contribution is 7.99. The van der Waals surface area contributed by atoms with Gasteiger partial charge < -0.3 is 0 Å². The Morgan fingerprint density at radius 3 is 2.74 bits per heavy atom. The number of thioether (sulfide) groups is 1. The van der Waals surface area contributed by atoms with Crippen LogP contribution >= 0.6 is 11.8 Å². The number of nitrogens with one attached hydrogen (secondary N) is 1. The first-order valence-electron chi connectivity index (χ1n) is 6.95. The second-order valence-corrected chi connectivity index (χ2v) is 6.81. The minimum atomic E-state index is -0.329. The van der Waals surface area contributed by atoms with Gasteiger partial charge in [0.2, 0.25) is 0 Å². The van der Waals surface area contributed by atoms with E-state index in [9.17, 15) is 5.26 Å². The quantitative estimate of drug-likeness (QED) is 0.810. The Morgan fingerprint density at radius 2 is 2.26 bits per heavy atom. The van der Waals surface area contributed by atoms with Gasteiger partial charge in [0.05, 0.1) is 16.8 Å². The minimum Gasteiger partial charge on any atom is -0.296 e. The molecule has 0 spiro atoms. The number of nitriles is 1. The van der Waals surface area contributed by atoms with E-state index < -0.39 is 0 Å². The average Bonchev–Trinajstić information content (AvgIpc) is 3.24. The first kappa shape index (κ1) is 13.0. The summed E-state index contributed by atoms with van der Waals surface area (Å²) in [6.07, 6.45) is 4.84. The minimum absolute atomic E-state index is 0.329. The summed E-state index contributed by atoms with van der Waals surface area (Å²) in [5, 5.41) is 18.8. The van der Waals surface area contributed by atoms with E-state index in [1.165, 1.54) is 25.7 Å². The van der Waals surface area contributed by atoms with E-state index >= 15 is 0 Å². The number of aryl methyl sites for hydroxylation is 2. The fourth-order valence-electron chi connectivity index (χ4n) is 2.51. The van der Waals surface area contributed by atoms with Gasteiger partial charge in [-0.15, -0.1) is 11.8 Å². The molecular weight excluding hydrogens is 256 g/mol. The van der Waals surface area contributed by atoms with Gasteiger partial charge in [0.25, 0.3) is 0 Å². The van der Waals surface area contributed by atoms with Crippen LogP contribution in [-0.4, -0.2) is 27.1 Å². The third-order valence-corrected chi connectivity index (χ3v) is 5.20. The van der Waals surface area contributed by atoms with Crippen LogP contribution in [0, 0.1) is 24.2 Å². The molecule has 2 aliphatic rings. The highest BCUT2D eigenvalue weighted by atomic mass is 32.2. The van der Waals surface area contributed by atoms with Crippen LogP contribution in [0.1, 0.15) is 31.4 Å². The SMILES string of the molecule is Cc1cc(SCC(C#N)(NC2CC2)C2CC2)n(C)n1. The summed E-state index contributed by atoms with van der Waals surface area (Å²) < 4.78 is 1.91. The second-order valence-electron chi connectivity index (χ2n) is 5.81. The summed E-state index contributed by atoms with van der Waals surface area (Å²) in [7, 11) is 1.97. The summed E-state index contributed by atoms with van der Waals surface area (Å²) in [6, 6.07) is 5.26. The Balaban J connectivity index is 1.70. The molecule has 1 aromatic rings. The standard InChI is InChI=1S/C14H20N4S/c1-10-7-13(18(2)17-10)19-9-14(8-15,11-3-4-11)16-12-5-6-12/h7,11-12,16H,3-6,9H2,1-2H3. The van der Waals surface area contributed by atoms with Gasteiger partial charge in [0, 0.05) is 18.8 Å². The van der Waals surface area contributed by atoms with E-state index in [0.29, 0.717) is 12.0 Å². The number of aromatic nitrogens is 2. The molecule has 2 fully saturated rings. The first-order chi connectivity index (χ1) is 9.13. The van der Waals surface area contributed by atoms with Crippen LogP contribution in [0.15, 0.2) is 11.1 Å². The van der Waals surface area contributed by atoms with Crippen molar-refractivity contribution in [3.63, 3.8) is 0 Å². The zero-order valence-electron chi connectivity index (χ0n) is 11.5. The van der Waals surface area contributed by atoms with Crippen LogP contribution in [0.5, 0.6) is 0 Å². The molecule has 0 radical (unpaired) electrons. The molecule has 1 aromatic heterocycles. The van der Waals surface area contributed by atoms with Crippen LogP contribution in [0.3, 0.4) is 0 Å². The van der Waals surface area contributed by atoms with Crippen LogP contribution < -0.4 is 5.32 Å². The maximum Gasteiger partial charge on any atom is 0.119 e. The maximum absolute atomic E-state index is 9.67. The zero-order valence-corrected chi connectivity index (χ0v) is 12.3. The van der Waals surface area contributed by atoms with E-state index in [1.807, 2.05) is 18.7 Å². The van der Waals surface area contributed by atoms with E-state index in [2.05, 4.69) is 22.6 Å². The lowest BCUT2D eigenvalue weighted by atomic mass is 9.97. The van der Waals surface area contributed by atoms with E-state index in [-0.39, 0.29) is 5.54 Å². The average molecular weight is 276 g/mol. The van der Waals surface area contributed by atoms with Gasteiger partial charge in [-0.1, -0.05) is 0 Å². The molecule has 1 N–H and O–H groups in total. The predicted octanol–water partition coefficient (Wildman–Crippen LogP) is 2.25. The maximum atomic E-state index is 9.67. The molecule has 0 aromatic carbocycles. The van der Waals surface area contributed by atoms with Gasteiger partial charge in [-0.2, -0.15) is 10.4 Å². The summed E-state index contributed by atoms with van der Waals surface area (Å²) in [4.78, 5) is 0. The summed E-state index contributed by atoms with van der Waals surface area (Å²) >= 11 is 1.75. The number of nitrogens with zero attached hydrogens (tertiary/aromatic N) is 3. The molecule has 19 heavy (non-hydrogen) atoms. The molecule has 102 valence electrons. The van der Waals surface area contributed by atoms with Crippen LogP contribution in [0.2, 0.25) is 0 Å².